The van der Waals surface area contributed by atoms with E-state index in [1.807, 2.05) is 31.2 Å². The van der Waals surface area contributed by atoms with Gasteiger partial charge in [-0.25, -0.2) is 0 Å². The van der Waals surface area contributed by atoms with Crippen LogP contribution in [-0.4, -0.2) is 11.8 Å². The van der Waals surface area contributed by atoms with Crippen molar-refractivity contribution in [2.45, 2.75) is 17.0 Å². The van der Waals surface area contributed by atoms with Crippen molar-refractivity contribution >= 4 is 17.4 Å². The molecule has 0 bridgehead atoms. The summed E-state index contributed by atoms with van der Waals surface area (Å²) in [5.41, 5.74) is 6.99. The molecule has 4 heteroatoms. The van der Waals surface area contributed by atoms with Gasteiger partial charge in [-0.05, 0) is 30.8 Å². The average Bonchev–Trinajstić information content (AvgIpc) is 2.40. The zero-order valence-corrected chi connectivity index (χ0v) is 8.23. The van der Waals surface area contributed by atoms with E-state index in [1.165, 1.54) is 11.8 Å². The van der Waals surface area contributed by atoms with Crippen LogP contribution < -0.4 is 11.1 Å². The smallest absolute Gasteiger partial charge is 0.249 e. The maximum atomic E-state index is 5.95. The van der Waals surface area contributed by atoms with Crippen LogP contribution in [0.15, 0.2) is 29.2 Å². The first kappa shape index (κ1) is 8.87. The molecule has 1 aliphatic rings. The summed E-state index contributed by atoms with van der Waals surface area (Å²) in [6.07, 6.45) is 0. The number of ether oxygens (including phenoxy) is 1. The van der Waals surface area contributed by atoms with E-state index in [1.54, 1.807) is 0 Å². The largest absolute Gasteiger partial charge is 0.335 e. The normalized spacial score (nSPS) is 25.4. The third-order valence-corrected chi connectivity index (χ3v) is 2.92. The molecule has 2 rings (SSSR count). The fraction of sp³-hybridized carbons (Fsp3) is 0.333. The first-order valence-corrected chi connectivity index (χ1v) is 5.04. The molecule has 70 valence electrons. The molecule has 1 unspecified atom stereocenters. The molecule has 0 spiro atoms. The lowest BCUT2D eigenvalue weighted by molar-refractivity contribution is 0.0622. The molecule has 1 heterocycles. The van der Waals surface area contributed by atoms with Gasteiger partial charge in [0, 0.05) is 11.5 Å². The minimum atomic E-state index is -0.779. The van der Waals surface area contributed by atoms with Crippen LogP contribution in [0.4, 0.5) is 5.69 Å². The van der Waals surface area contributed by atoms with Crippen LogP contribution in [0.2, 0.25) is 0 Å². The Morgan fingerprint density at radius 1 is 1.54 bits per heavy atom. The molecule has 1 aromatic rings. The highest BCUT2D eigenvalue weighted by molar-refractivity contribution is 8.01. The zero-order chi connectivity index (χ0) is 9.31. The summed E-state index contributed by atoms with van der Waals surface area (Å²) in [5, 5.41) is 2.35. The average molecular weight is 196 g/mol. The molecular formula is C9H12N2OS. The Balaban J connectivity index is 2.21. The number of hydrogen-bond donors (Lipinski definition) is 2. The van der Waals surface area contributed by atoms with Gasteiger partial charge in [-0.1, -0.05) is 12.1 Å². The Bertz CT molecular complexity index is 291. The molecule has 1 aromatic carbocycles. The van der Waals surface area contributed by atoms with Crippen molar-refractivity contribution in [1.29, 1.82) is 0 Å². The van der Waals surface area contributed by atoms with Crippen molar-refractivity contribution in [3.05, 3.63) is 24.3 Å². The quantitative estimate of drug-likeness (QED) is 0.708. The summed E-state index contributed by atoms with van der Waals surface area (Å²) in [6, 6.07) is 7.99. The second-order valence-electron chi connectivity index (χ2n) is 2.82. The molecule has 13 heavy (non-hydrogen) atoms. The van der Waals surface area contributed by atoms with E-state index in [4.69, 9.17) is 10.5 Å². The van der Waals surface area contributed by atoms with Gasteiger partial charge in [0.2, 0.25) is 5.18 Å². The number of anilines is 1. The summed E-state index contributed by atoms with van der Waals surface area (Å²) >= 11 is 1.51. The Labute approximate surface area is 81.6 Å². The van der Waals surface area contributed by atoms with E-state index < -0.39 is 5.18 Å². The zero-order valence-electron chi connectivity index (χ0n) is 7.41. The molecule has 1 atom stereocenters. The highest BCUT2D eigenvalue weighted by Gasteiger charge is 2.34. The van der Waals surface area contributed by atoms with Gasteiger partial charge >= 0.3 is 0 Å². The highest BCUT2D eigenvalue weighted by atomic mass is 32.2. The maximum absolute atomic E-state index is 5.95. The van der Waals surface area contributed by atoms with Crippen molar-refractivity contribution in [3.8, 4) is 0 Å². The van der Waals surface area contributed by atoms with Gasteiger partial charge in [-0.15, -0.1) is 0 Å². The number of nitrogens with two attached hydrogens (primary N) is 1. The summed E-state index contributed by atoms with van der Waals surface area (Å²) < 4.78 is 5.40. The van der Waals surface area contributed by atoms with Crippen molar-refractivity contribution < 1.29 is 4.74 Å². The summed E-state index contributed by atoms with van der Waals surface area (Å²) in [6.45, 7) is 2.53. The molecule has 0 amide bonds. The molecule has 0 saturated carbocycles. The van der Waals surface area contributed by atoms with E-state index in [0.717, 1.165) is 10.6 Å². The number of fused-ring (bicyclic) bond motifs is 1. The number of rotatable bonds is 2. The first-order valence-electron chi connectivity index (χ1n) is 4.22. The molecule has 3 N–H and O–H groups in total. The van der Waals surface area contributed by atoms with Crippen molar-refractivity contribution in [2.75, 3.05) is 11.9 Å². The van der Waals surface area contributed by atoms with E-state index in [0.29, 0.717) is 6.61 Å². The van der Waals surface area contributed by atoms with Crippen LogP contribution in [-0.2, 0) is 4.74 Å². The topological polar surface area (TPSA) is 47.3 Å². The van der Waals surface area contributed by atoms with Crippen molar-refractivity contribution in [1.82, 2.24) is 0 Å². The third kappa shape index (κ3) is 1.65. The van der Waals surface area contributed by atoms with Crippen LogP contribution in [0.1, 0.15) is 6.92 Å². The van der Waals surface area contributed by atoms with Gasteiger partial charge in [-0.2, -0.15) is 0 Å². The Kier molecular flexibility index (Phi) is 2.19. The molecule has 0 fully saturated rings. The molecule has 0 radical (unpaired) electrons. The van der Waals surface area contributed by atoms with Crippen LogP contribution in [0.25, 0.3) is 0 Å². The second kappa shape index (κ2) is 3.21. The molecule has 0 aliphatic carbocycles. The van der Waals surface area contributed by atoms with Crippen molar-refractivity contribution in [2.24, 2.45) is 5.73 Å². The van der Waals surface area contributed by atoms with Gasteiger partial charge in [0.25, 0.3) is 0 Å². The predicted molar refractivity (Wildman–Crippen MR) is 54.5 cm³/mol. The Morgan fingerprint density at radius 3 is 3.00 bits per heavy atom. The third-order valence-electron chi connectivity index (χ3n) is 1.82. The standard InChI is InChI=1S/C9H12N2OS/c1-2-12-9(10)11-7-5-3-4-6-8(7)13-9/h3-6,11H,2,10H2,1H3. The fourth-order valence-corrected chi connectivity index (χ4v) is 2.36. The predicted octanol–water partition coefficient (Wildman–Crippen LogP) is 1.81. The monoisotopic (exact) mass is 196 g/mol. The van der Waals surface area contributed by atoms with Crippen LogP contribution in [0.5, 0.6) is 0 Å². The first-order chi connectivity index (χ1) is 6.23. The van der Waals surface area contributed by atoms with E-state index in [2.05, 4.69) is 5.32 Å². The van der Waals surface area contributed by atoms with Crippen molar-refractivity contribution in [3.63, 3.8) is 0 Å². The maximum Gasteiger partial charge on any atom is 0.249 e. The minimum Gasteiger partial charge on any atom is -0.335 e. The Morgan fingerprint density at radius 2 is 2.31 bits per heavy atom. The highest BCUT2D eigenvalue weighted by Crippen LogP contribution is 2.42. The summed E-state index contributed by atoms with van der Waals surface area (Å²) in [4.78, 5) is 1.14. The lowest BCUT2D eigenvalue weighted by Gasteiger charge is -2.22. The minimum absolute atomic E-state index is 0.602. The lowest BCUT2D eigenvalue weighted by atomic mass is 10.3. The van der Waals surface area contributed by atoms with Crippen LogP contribution in [0.3, 0.4) is 0 Å². The van der Waals surface area contributed by atoms with Gasteiger partial charge < -0.3 is 10.1 Å². The number of hydrogen-bond acceptors (Lipinski definition) is 4. The summed E-state index contributed by atoms with van der Waals surface area (Å²) in [5.74, 6) is 0. The fourth-order valence-electron chi connectivity index (χ4n) is 1.32. The van der Waals surface area contributed by atoms with Crippen LogP contribution >= 0.6 is 11.8 Å². The van der Waals surface area contributed by atoms with Gasteiger partial charge in [-0.3, -0.25) is 5.73 Å². The van der Waals surface area contributed by atoms with Gasteiger partial charge in [0.1, 0.15) is 0 Å². The SMILES string of the molecule is CCOC1(N)Nc2ccccc2S1. The lowest BCUT2D eigenvalue weighted by Crippen LogP contribution is -2.44. The molecule has 0 aromatic heterocycles. The number of thioether (sulfide) groups is 1. The molecule has 0 saturated heterocycles. The van der Waals surface area contributed by atoms with Gasteiger partial charge in [0.05, 0.1) is 5.69 Å². The van der Waals surface area contributed by atoms with Crippen LogP contribution in [0, 0.1) is 0 Å². The Hall–Kier alpha value is -0.710. The molecular weight excluding hydrogens is 184 g/mol. The molecule has 3 nitrogen and oxygen atoms in total. The van der Waals surface area contributed by atoms with E-state index in [9.17, 15) is 0 Å². The number of benzene rings is 1. The summed E-state index contributed by atoms with van der Waals surface area (Å²) in [7, 11) is 0. The second-order valence-corrected chi connectivity index (χ2v) is 4.07. The number of nitrogens with one attached hydrogen (secondary N) is 1. The van der Waals surface area contributed by atoms with Gasteiger partial charge in [0.15, 0.2) is 0 Å². The number of para-hydroxylation sites is 1. The molecule has 1 aliphatic heterocycles. The van der Waals surface area contributed by atoms with E-state index >= 15 is 0 Å². The van der Waals surface area contributed by atoms with E-state index in [-0.39, 0.29) is 0 Å².